The number of hydrogen-bond acceptors (Lipinski definition) is 4. The number of nitrogen functional groups attached to an aromatic ring is 1. The average molecular weight is 289 g/mol. The highest BCUT2D eigenvalue weighted by Crippen LogP contribution is 2.34. The Morgan fingerprint density at radius 3 is 2.10 bits per heavy atom. The molecule has 0 aliphatic carbocycles. The fraction of sp³-hybridized carbons (Fsp3) is 0.438. The number of anilines is 1. The third-order valence-corrected chi connectivity index (χ3v) is 3.48. The zero-order chi connectivity index (χ0) is 15.6. The molecule has 0 bridgehead atoms. The molecule has 21 heavy (non-hydrogen) atoms. The number of aryl methyl sites for hydroxylation is 1. The summed E-state index contributed by atoms with van der Waals surface area (Å²) in [4.78, 5) is 4.70. The van der Waals surface area contributed by atoms with E-state index in [4.69, 9.17) is 20.2 Å². The van der Waals surface area contributed by atoms with Crippen molar-refractivity contribution in [3.8, 4) is 22.8 Å². The van der Waals surface area contributed by atoms with Crippen LogP contribution in [0.3, 0.4) is 0 Å². The molecule has 0 aliphatic heterocycles. The van der Waals surface area contributed by atoms with E-state index in [0.717, 1.165) is 35.0 Å². The van der Waals surface area contributed by atoms with Crippen molar-refractivity contribution in [2.75, 3.05) is 20.0 Å². The molecule has 5 heteroatoms. The molecule has 0 fully saturated rings. The Morgan fingerprint density at radius 2 is 1.71 bits per heavy atom. The molecule has 114 valence electrons. The molecule has 0 spiro atoms. The van der Waals surface area contributed by atoms with Crippen LogP contribution >= 0.6 is 0 Å². The molecule has 0 amide bonds. The maximum absolute atomic E-state index is 6.31. The molecule has 2 aromatic rings. The van der Waals surface area contributed by atoms with Gasteiger partial charge in [0.05, 0.1) is 14.2 Å². The van der Waals surface area contributed by atoms with Crippen LogP contribution in [-0.4, -0.2) is 23.8 Å². The number of hydrogen-bond donors (Lipinski definition) is 1. The first-order chi connectivity index (χ1) is 10.0. The number of ether oxygens (including phenoxy) is 2. The number of imidazole rings is 1. The Bertz CT molecular complexity index is 610. The average Bonchev–Trinajstić information content (AvgIpc) is 2.83. The SMILES string of the molecule is CCc1nc(-c2cc(OC)cc(OC)c2)c(N)n1C(C)C. The molecule has 2 rings (SSSR count). The number of aromatic nitrogens is 2. The van der Waals surface area contributed by atoms with E-state index in [9.17, 15) is 0 Å². The Morgan fingerprint density at radius 1 is 1.14 bits per heavy atom. The summed E-state index contributed by atoms with van der Waals surface area (Å²) >= 11 is 0. The minimum Gasteiger partial charge on any atom is -0.497 e. The van der Waals surface area contributed by atoms with Gasteiger partial charge in [0.15, 0.2) is 0 Å². The van der Waals surface area contributed by atoms with Gasteiger partial charge in [-0.25, -0.2) is 4.98 Å². The van der Waals surface area contributed by atoms with Crippen LogP contribution in [0.25, 0.3) is 11.3 Å². The van der Waals surface area contributed by atoms with E-state index < -0.39 is 0 Å². The second kappa shape index (κ2) is 6.08. The fourth-order valence-corrected chi connectivity index (χ4v) is 2.48. The highest BCUT2D eigenvalue weighted by Gasteiger charge is 2.18. The lowest BCUT2D eigenvalue weighted by atomic mass is 10.1. The molecule has 5 nitrogen and oxygen atoms in total. The molecule has 0 saturated carbocycles. The number of methoxy groups -OCH3 is 2. The van der Waals surface area contributed by atoms with Crippen molar-refractivity contribution in [1.29, 1.82) is 0 Å². The molecule has 1 heterocycles. The topological polar surface area (TPSA) is 62.3 Å². The molecular formula is C16H23N3O2. The summed E-state index contributed by atoms with van der Waals surface area (Å²) in [6, 6.07) is 5.95. The van der Waals surface area contributed by atoms with Gasteiger partial charge in [0.25, 0.3) is 0 Å². The van der Waals surface area contributed by atoms with Crippen molar-refractivity contribution in [2.24, 2.45) is 0 Å². The summed E-state index contributed by atoms with van der Waals surface area (Å²) in [7, 11) is 3.26. The van der Waals surface area contributed by atoms with Gasteiger partial charge in [0, 0.05) is 24.1 Å². The van der Waals surface area contributed by atoms with E-state index in [1.807, 2.05) is 18.2 Å². The van der Waals surface area contributed by atoms with Crippen molar-refractivity contribution < 1.29 is 9.47 Å². The van der Waals surface area contributed by atoms with Gasteiger partial charge in [-0.2, -0.15) is 0 Å². The minimum absolute atomic E-state index is 0.272. The number of nitrogens with two attached hydrogens (primary N) is 1. The van der Waals surface area contributed by atoms with Crippen LogP contribution in [0.4, 0.5) is 5.82 Å². The summed E-state index contributed by atoms with van der Waals surface area (Å²) < 4.78 is 12.7. The van der Waals surface area contributed by atoms with Crippen molar-refractivity contribution in [3.05, 3.63) is 24.0 Å². The zero-order valence-corrected chi connectivity index (χ0v) is 13.3. The van der Waals surface area contributed by atoms with Crippen molar-refractivity contribution in [1.82, 2.24) is 9.55 Å². The predicted molar refractivity (Wildman–Crippen MR) is 84.9 cm³/mol. The first kappa shape index (κ1) is 15.2. The number of benzene rings is 1. The molecule has 0 atom stereocenters. The highest BCUT2D eigenvalue weighted by molar-refractivity contribution is 5.73. The lowest BCUT2D eigenvalue weighted by Gasteiger charge is -2.13. The van der Waals surface area contributed by atoms with Crippen LogP contribution in [-0.2, 0) is 6.42 Å². The summed E-state index contributed by atoms with van der Waals surface area (Å²) in [6.45, 7) is 6.29. The van der Waals surface area contributed by atoms with Gasteiger partial charge in [-0.05, 0) is 26.0 Å². The number of nitrogens with zero attached hydrogens (tertiary/aromatic N) is 2. The molecule has 1 aromatic carbocycles. The van der Waals surface area contributed by atoms with Gasteiger partial charge in [0.2, 0.25) is 0 Å². The van der Waals surface area contributed by atoms with E-state index in [2.05, 4.69) is 25.3 Å². The van der Waals surface area contributed by atoms with Gasteiger partial charge < -0.3 is 19.8 Å². The predicted octanol–water partition coefficient (Wildman–Crippen LogP) is 3.29. The highest BCUT2D eigenvalue weighted by atomic mass is 16.5. The Kier molecular flexibility index (Phi) is 4.40. The largest absolute Gasteiger partial charge is 0.497 e. The first-order valence-electron chi connectivity index (χ1n) is 7.11. The van der Waals surface area contributed by atoms with E-state index in [0.29, 0.717) is 5.82 Å². The molecule has 0 unspecified atom stereocenters. The monoisotopic (exact) mass is 289 g/mol. The smallest absolute Gasteiger partial charge is 0.131 e. The first-order valence-corrected chi connectivity index (χ1v) is 7.11. The molecule has 0 aliphatic rings. The summed E-state index contributed by atoms with van der Waals surface area (Å²) in [5, 5.41) is 0. The van der Waals surface area contributed by atoms with Crippen LogP contribution in [0.1, 0.15) is 32.6 Å². The van der Waals surface area contributed by atoms with Crippen LogP contribution in [0.15, 0.2) is 18.2 Å². The third kappa shape index (κ3) is 2.82. The van der Waals surface area contributed by atoms with Crippen LogP contribution < -0.4 is 15.2 Å². The summed E-state index contributed by atoms with van der Waals surface area (Å²) in [6.07, 6.45) is 0.837. The molecular weight excluding hydrogens is 266 g/mol. The molecule has 2 N–H and O–H groups in total. The van der Waals surface area contributed by atoms with E-state index in [-0.39, 0.29) is 6.04 Å². The zero-order valence-electron chi connectivity index (χ0n) is 13.3. The van der Waals surface area contributed by atoms with E-state index >= 15 is 0 Å². The molecule has 1 aromatic heterocycles. The maximum Gasteiger partial charge on any atom is 0.131 e. The normalized spacial score (nSPS) is 11.0. The van der Waals surface area contributed by atoms with Crippen LogP contribution in [0.2, 0.25) is 0 Å². The fourth-order valence-electron chi connectivity index (χ4n) is 2.48. The van der Waals surface area contributed by atoms with Gasteiger partial charge >= 0.3 is 0 Å². The van der Waals surface area contributed by atoms with Gasteiger partial charge in [-0.3, -0.25) is 0 Å². The van der Waals surface area contributed by atoms with Crippen molar-refractivity contribution in [3.63, 3.8) is 0 Å². The quantitative estimate of drug-likeness (QED) is 0.917. The lowest BCUT2D eigenvalue weighted by molar-refractivity contribution is 0.394. The van der Waals surface area contributed by atoms with Crippen LogP contribution in [0, 0.1) is 0 Å². The lowest BCUT2D eigenvalue weighted by Crippen LogP contribution is -2.08. The Balaban J connectivity index is 2.61. The number of rotatable bonds is 5. The van der Waals surface area contributed by atoms with E-state index in [1.54, 1.807) is 14.2 Å². The standard InChI is InChI=1S/C16H23N3O2/c1-6-14-18-15(16(17)19(14)10(2)3)11-7-12(20-4)9-13(8-11)21-5/h7-10H,6,17H2,1-5H3. The summed E-state index contributed by atoms with van der Waals surface area (Å²) in [5.41, 5.74) is 7.99. The van der Waals surface area contributed by atoms with Gasteiger partial charge in [-0.15, -0.1) is 0 Å². The van der Waals surface area contributed by atoms with Crippen LogP contribution in [0.5, 0.6) is 11.5 Å². The minimum atomic E-state index is 0.272. The second-order valence-corrected chi connectivity index (χ2v) is 5.18. The summed E-state index contributed by atoms with van der Waals surface area (Å²) in [5.74, 6) is 3.11. The molecule has 0 radical (unpaired) electrons. The Hall–Kier alpha value is -2.17. The molecule has 0 saturated heterocycles. The second-order valence-electron chi connectivity index (χ2n) is 5.18. The maximum atomic E-state index is 6.31. The Labute approximate surface area is 125 Å². The van der Waals surface area contributed by atoms with Crippen molar-refractivity contribution >= 4 is 5.82 Å². The van der Waals surface area contributed by atoms with Gasteiger partial charge in [-0.1, -0.05) is 6.92 Å². The van der Waals surface area contributed by atoms with E-state index in [1.165, 1.54) is 0 Å². The van der Waals surface area contributed by atoms with Crippen molar-refractivity contribution in [2.45, 2.75) is 33.2 Å². The third-order valence-electron chi connectivity index (χ3n) is 3.48. The van der Waals surface area contributed by atoms with Gasteiger partial charge in [0.1, 0.15) is 28.8 Å².